The van der Waals surface area contributed by atoms with E-state index in [0.29, 0.717) is 0 Å². The summed E-state index contributed by atoms with van der Waals surface area (Å²) in [5.41, 5.74) is 0. The van der Waals surface area contributed by atoms with E-state index < -0.39 is 5.37 Å². The monoisotopic (exact) mass is 193 g/mol. The molecule has 0 radical (unpaired) electrons. The molecule has 0 saturated heterocycles. The van der Waals surface area contributed by atoms with Crippen molar-refractivity contribution in [3.8, 4) is 0 Å². The van der Waals surface area contributed by atoms with E-state index in [4.69, 9.17) is 16.4 Å². The predicted molar refractivity (Wildman–Crippen MR) is 49.1 cm³/mol. The molecule has 0 aliphatic rings. The van der Waals surface area contributed by atoms with E-state index in [1.54, 1.807) is 0 Å². The second-order valence-electron chi connectivity index (χ2n) is 2.75. The Bertz CT molecular complexity index is 141. The van der Waals surface area contributed by atoms with Crippen LogP contribution in [0.25, 0.3) is 0 Å². The minimum Gasteiger partial charge on any atom is -0.273 e. The number of nitrogens with zero attached hydrogens (tertiary/aromatic N) is 1. The van der Waals surface area contributed by atoms with Crippen LogP contribution in [0.3, 0.4) is 0 Å². The highest BCUT2D eigenvalue weighted by Crippen LogP contribution is 2.10. The Morgan fingerprint density at radius 2 is 2.25 bits per heavy atom. The quantitative estimate of drug-likeness (QED) is 0.382. The summed E-state index contributed by atoms with van der Waals surface area (Å²) >= 11 is 5.28. The summed E-state index contributed by atoms with van der Waals surface area (Å²) in [6, 6.07) is 0.0555. The van der Waals surface area contributed by atoms with Crippen molar-refractivity contribution in [3.63, 3.8) is 0 Å². The molecule has 0 aliphatic carbocycles. The second-order valence-corrected chi connectivity index (χ2v) is 3.08. The number of carbonyl (C=O) groups excluding carboxylic acids is 1. The van der Waals surface area contributed by atoms with Crippen molar-refractivity contribution >= 4 is 17.0 Å². The molecule has 12 heavy (non-hydrogen) atoms. The molecule has 0 heterocycles. The maximum atomic E-state index is 10.7. The third-order valence-corrected chi connectivity index (χ3v) is 1.91. The summed E-state index contributed by atoms with van der Waals surface area (Å²) in [5, 5.41) is 0.637. The molecule has 1 unspecified atom stereocenters. The molecule has 0 aliphatic heterocycles. The fraction of sp³-hybridized carbons (Fsp3) is 0.875. The lowest BCUT2D eigenvalue weighted by Crippen LogP contribution is -2.34. The van der Waals surface area contributed by atoms with E-state index in [9.17, 15) is 4.79 Å². The highest BCUT2D eigenvalue weighted by Gasteiger charge is 2.17. The molecule has 0 saturated carbocycles. The molecule has 4 heteroatoms. The van der Waals surface area contributed by atoms with Gasteiger partial charge in [0.2, 0.25) is 0 Å². The molecule has 3 nitrogen and oxygen atoms in total. The highest BCUT2D eigenvalue weighted by molar-refractivity contribution is 6.62. The maximum absolute atomic E-state index is 10.7. The fourth-order valence-corrected chi connectivity index (χ4v) is 1.28. The second kappa shape index (κ2) is 6.26. The van der Waals surface area contributed by atoms with Crippen molar-refractivity contribution in [2.75, 3.05) is 7.11 Å². The first kappa shape index (κ1) is 11.7. The van der Waals surface area contributed by atoms with Crippen LogP contribution in [0.2, 0.25) is 0 Å². The third-order valence-electron chi connectivity index (χ3n) is 1.75. The SMILES string of the molecule is CCCCC(C)N(OC)C(=O)Cl. The van der Waals surface area contributed by atoms with Gasteiger partial charge in [0.05, 0.1) is 13.2 Å². The molecule has 0 spiro atoms. The lowest BCUT2D eigenvalue weighted by Gasteiger charge is -2.23. The van der Waals surface area contributed by atoms with Crippen molar-refractivity contribution in [1.82, 2.24) is 5.06 Å². The minimum absolute atomic E-state index is 0.0555. The molecule has 0 rings (SSSR count). The van der Waals surface area contributed by atoms with E-state index in [1.807, 2.05) is 6.92 Å². The molecule has 0 bridgehead atoms. The number of hydroxylamine groups is 2. The molecule has 72 valence electrons. The van der Waals surface area contributed by atoms with Crippen LogP contribution in [0, 0.1) is 0 Å². The van der Waals surface area contributed by atoms with Gasteiger partial charge >= 0.3 is 5.37 Å². The number of amides is 1. The van der Waals surface area contributed by atoms with E-state index in [-0.39, 0.29) is 6.04 Å². The van der Waals surface area contributed by atoms with Crippen molar-refractivity contribution < 1.29 is 9.63 Å². The van der Waals surface area contributed by atoms with Gasteiger partial charge in [-0.2, -0.15) is 0 Å². The summed E-state index contributed by atoms with van der Waals surface area (Å²) < 4.78 is 0. The molecular weight excluding hydrogens is 178 g/mol. The van der Waals surface area contributed by atoms with Gasteiger partial charge in [0, 0.05) is 0 Å². The summed E-state index contributed by atoms with van der Waals surface area (Å²) in [7, 11) is 1.45. The number of hydrogen-bond donors (Lipinski definition) is 0. The van der Waals surface area contributed by atoms with Crippen LogP contribution in [0.1, 0.15) is 33.1 Å². The van der Waals surface area contributed by atoms with Gasteiger partial charge in [0.15, 0.2) is 0 Å². The molecule has 0 N–H and O–H groups in total. The maximum Gasteiger partial charge on any atom is 0.340 e. The first-order valence-electron chi connectivity index (χ1n) is 4.16. The first-order valence-corrected chi connectivity index (χ1v) is 4.54. The van der Waals surface area contributed by atoms with E-state index in [2.05, 4.69) is 6.92 Å². The van der Waals surface area contributed by atoms with Gasteiger partial charge in [-0.25, -0.2) is 5.06 Å². The van der Waals surface area contributed by atoms with Crippen LogP contribution in [0.4, 0.5) is 4.79 Å². The Labute approximate surface area is 78.6 Å². The van der Waals surface area contributed by atoms with Gasteiger partial charge in [-0.05, 0) is 24.9 Å². The smallest absolute Gasteiger partial charge is 0.273 e. The van der Waals surface area contributed by atoms with Crippen molar-refractivity contribution in [1.29, 1.82) is 0 Å². The molecule has 0 aromatic rings. The molecule has 0 aromatic heterocycles. The number of rotatable bonds is 5. The van der Waals surface area contributed by atoms with Crippen LogP contribution >= 0.6 is 11.6 Å². The average Bonchev–Trinajstić information content (AvgIpc) is 2.01. The van der Waals surface area contributed by atoms with Gasteiger partial charge in [-0.3, -0.25) is 9.63 Å². The fourth-order valence-electron chi connectivity index (χ4n) is 1.04. The number of unbranched alkanes of at least 4 members (excludes halogenated alkanes) is 1. The highest BCUT2D eigenvalue weighted by atomic mass is 35.5. The van der Waals surface area contributed by atoms with Gasteiger partial charge in [-0.1, -0.05) is 19.8 Å². The van der Waals surface area contributed by atoms with Crippen LogP contribution in [-0.4, -0.2) is 23.6 Å². The average molecular weight is 194 g/mol. The Balaban J connectivity index is 3.85. The van der Waals surface area contributed by atoms with Gasteiger partial charge in [0.25, 0.3) is 0 Å². The molecular formula is C8H16ClNO2. The van der Waals surface area contributed by atoms with Crippen LogP contribution in [0.15, 0.2) is 0 Å². The predicted octanol–water partition coefficient (Wildman–Crippen LogP) is 2.79. The van der Waals surface area contributed by atoms with Gasteiger partial charge < -0.3 is 0 Å². The summed E-state index contributed by atoms with van der Waals surface area (Å²) in [4.78, 5) is 15.6. The molecule has 1 atom stereocenters. The molecule has 0 aromatic carbocycles. The Morgan fingerprint density at radius 3 is 2.58 bits per heavy atom. The van der Waals surface area contributed by atoms with Gasteiger partial charge in [-0.15, -0.1) is 0 Å². The lowest BCUT2D eigenvalue weighted by molar-refractivity contribution is -0.106. The number of hydrogen-bond acceptors (Lipinski definition) is 2. The van der Waals surface area contributed by atoms with Crippen molar-refractivity contribution in [3.05, 3.63) is 0 Å². The lowest BCUT2D eigenvalue weighted by atomic mass is 10.1. The van der Waals surface area contributed by atoms with E-state index >= 15 is 0 Å². The summed E-state index contributed by atoms with van der Waals surface area (Å²) in [6.07, 6.45) is 3.10. The summed E-state index contributed by atoms with van der Waals surface area (Å²) in [5.74, 6) is 0. The van der Waals surface area contributed by atoms with Crippen LogP contribution in [0.5, 0.6) is 0 Å². The van der Waals surface area contributed by atoms with Crippen LogP contribution < -0.4 is 0 Å². The largest absolute Gasteiger partial charge is 0.340 e. The zero-order valence-corrected chi connectivity index (χ0v) is 8.60. The van der Waals surface area contributed by atoms with Crippen molar-refractivity contribution in [2.45, 2.75) is 39.2 Å². The van der Waals surface area contributed by atoms with E-state index in [0.717, 1.165) is 19.3 Å². The minimum atomic E-state index is -0.555. The summed E-state index contributed by atoms with van der Waals surface area (Å²) in [6.45, 7) is 4.02. The number of halogens is 1. The van der Waals surface area contributed by atoms with E-state index in [1.165, 1.54) is 12.2 Å². The zero-order chi connectivity index (χ0) is 9.56. The third kappa shape index (κ3) is 3.93. The molecule has 0 fully saturated rings. The normalized spacial score (nSPS) is 12.7. The topological polar surface area (TPSA) is 29.5 Å². The van der Waals surface area contributed by atoms with Gasteiger partial charge in [0.1, 0.15) is 0 Å². The van der Waals surface area contributed by atoms with Crippen LogP contribution in [-0.2, 0) is 4.84 Å². The Hall–Kier alpha value is -0.280. The van der Waals surface area contributed by atoms with Crippen molar-refractivity contribution in [2.24, 2.45) is 0 Å². The standard InChI is InChI=1S/C8H16ClNO2/c1-4-5-6-7(2)10(12-3)8(9)11/h7H,4-6H2,1-3H3. The first-order chi connectivity index (χ1) is 5.63. The Kier molecular flexibility index (Phi) is 6.11. The Morgan fingerprint density at radius 1 is 1.67 bits per heavy atom. The number of carbonyl (C=O) groups is 1. The molecule has 1 amide bonds. The zero-order valence-electron chi connectivity index (χ0n) is 7.84.